The maximum absolute atomic E-state index is 12.8. The number of alkyl halides is 3. The highest BCUT2D eigenvalue weighted by Gasteiger charge is 2.33. The first kappa shape index (κ1) is 16.5. The van der Waals surface area contributed by atoms with Crippen molar-refractivity contribution in [2.24, 2.45) is 0 Å². The topological polar surface area (TPSA) is 58.2 Å². The van der Waals surface area contributed by atoms with Crippen LogP contribution in [0.2, 0.25) is 0 Å². The lowest BCUT2D eigenvalue weighted by atomic mass is 10.1. The number of para-hydroxylation sites is 1. The van der Waals surface area contributed by atoms with Gasteiger partial charge in [-0.3, -0.25) is 9.59 Å². The van der Waals surface area contributed by atoms with Gasteiger partial charge < -0.3 is 10.6 Å². The first-order valence-electron chi connectivity index (χ1n) is 6.67. The van der Waals surface area contributed by atoms with E-state index in [0.717, 1.165) is 17.7 Å². The van der Waals surface area contributed by atoms with Crippen LogP contribution in [0.4, 0.5) is 18.9 Å². The fourth-order valence-electron chi connectivity index (χ4n) is 1.88. The van der Waals surface area contributed by atoms with Crippen LogP contribution in [0, 0.1) is 0 Å². The average molecular weight is 322 g/mol. The normalized spacial score (nSPS) is 10.9. The summed E-state index contributed by atoms with van der Waals surface area (Å²) < 4.78 is 38.5. The second-order valence-electron chi connectivity index (χ2n) is 4.67. The molecule has 2 N–H and O–H groups in total. The molecule has 2 aromatic carbocycles. The van der Waals surface area contributed by atoms with E-state index < -0.39 is 29.2 Å². The molecule has 120 valence electrons. The van der Waals surface area contributed by atoms with E-state index in [1.54, 1.807) is 30.3 Å². The minimum atomic E-state index is -4.62. The number of hydrogen-bond donors (Lipinski definition) is 2. The summed E-state index contributed by atoms with van der Waals surface area (Å²) >= 11 is 0. The molecule has 0 aliphatic carbocycles. The molecule has 0 unspecified atom stereocenters. The molecule has 0 saturated heterocycles. The van der Waals surface area contributed by atoms with Crippen molar-refractivity contribution in [3.05, 3.63) is 65.7 Å². The van der Waals surface area contributed by atoms with Crippen LogP contribution >= 0.6 is 0 Å². The highest BCUT2D eigenvalue weighted by atomic mass is 19.4. The number of anilines is 1. The first-order chi connectivity index (χ1) is 10.9. The molecule has 2 rings (SSSR count). The Labute approximate surface area is 130 Å². The number of carbonyl (C=O) groups excluding carboxylic acids is 2. The molecule has 0 fully saturated rings. The fraction of sp³-hybridized carbons (Fsp3) is 0.125. The van der Waals surface area contributed by atoms with Crippen molar-refractivity contribution in [3.8, 4) is 0 Å². The van der Waals surface area contributed by atoms with Gasteiger partial charge in [-0.05, 0) is 17.7 Å². The van der Waals surface area contributed by atoms with Crippen molar-refractivity contribution in [1.82, 2.24) is 5.32 Å². The monoisotopic (exact) mass is 322 g/mol. The molecular weight excluding hydrogens is 309 g/mol. The van der Waals surface area contributed by atoms with E-state index in [1.807, 2.05) is 5.32 Å². The third-order valence-corrected chi connectivity index (χ3v) is 2.98. The number of halogens is 3. The van der Waals surface area contributed by atoms with Gasteiger partial charge in [0.25, 0.3) is 0 Å². The number of hydrogen-bond acceptors (Lipinski definition) is 2. The number of benzene rings is 2. The third-order valence-electron chi connectivity index (χ3n) is 2.98. The predicted molar refractivity (Wildman–Crippen MR) is 78.4 cm³/mol. The molecule has 7 heteroatoms. The van der Waals surface area contributed by atoms with Crippen molar-refractivity contribution in [2.75, 3.05) is 5.32 Å². The molecule has 0 heterocycles. The van der Waals surface area contributed by atoms with Crippen molar-refractivity contribution in [2.45, 2.75) is 12.7 Å². The standard InChI is InChI=1S/C16H13F3N2O2/c17-16(18,19)12-8-4-5-9-13(12)21-15(23)14(22)20-10-11-6-2-1-3-7-11/h1-9H,10H2,(H,20,22)(H,21,23). The Balaban J connectivity index is 2.01. The minimum absolute atomic E-state index is 0.105. The van der Waals surface area contributed by atoms with E-state index >= 15 is 0 Å². The lowest BCUT2D eigenvalue weighted by Crippen LogP contribution is -2.35. The summed E-state index contributed by atoms with van der Waals surface area (Å²) in [7, 11) is 0. The minimum Gasteiger partial charge on any atom is -0.344 e. The van der Waals surface area contributed by atoms with Crippen LogP contribution in [-0.4, -0.2) is 11.8 Å². The zero-order valence-electron chi connectivity index (χ0n) is 11.9. The van der Waals surface area contributed by atoms with Crippen LogP contribution in [0.1, 0.15) is 11.1 Å². The van der Waals surface area contributed by atoms with Crippen LogP contribution in [-0.2, 0) is 22.3 Å². The smallest absolute Gasteiger partial charge is 0.344 e. The Bertz CT molecular complexity index is 700. The van der Waals surface area contributed by atoms with Crippen molar-refractivity contribution >= 4 is 17.5 Å². The van der Waals surface area contributed by atoms with Gasteiger partial charge in [0.1, 0.15) is 0 Å². The average Bonchev–Trinajstić information content (AvgIpc) is 2.53. The van der Waals surface area contributed by atoms with Gasteiger partial charge >= 0.3 is 18.0 Å². The maximum Gasteiger partial charge on any atom is 0.418 e. The summed E-state index contributed by atoms with van der Waals surface area (Å²) in [5.41, 5.74) is -0.701. The van der Waals surface area contributed by atoms with E-state index in [9.17, 15) is 22.8 Å². The second-order valence-corrected chi connectivity index (χ2v) is 4.67. The number of nitrogens with one attached hydrogen (secondary N) is 2. The fourth-order valence-corrected chi connectivity index (χ4v) is 1.88. The molecule has 0 radical (unpaired) electrons. The van der Waals surface area contributed by atoms with E-state index in [-0.39, 0.29) is 6.54 Å². The zero-order chi connectivity index (χ0) is 16.9. The van der Waals surface area contributed by atoms with E-state index in [0.29, 0.717) is 0 Å². The summed E-state index contributed by atoms with van der Waals surface area (Å²) in [5.74, 6) is -2.16. The van der Waals surface area contributed by atoms with Crippen molar-refractivity contribution in [3.63, 3.8) is 0 Å². The second kappa shape index (κ2) is 6.95. The summed E-state index contributed by atoms with van der Waals surface area (Å²) in [4.78, 5) is 23.4. The zero-order valence-corrected chi connectivity index (χ0v) is 11.9. The largest absolute Gasteiger partial charge is 0.418 e. The van der Waals surface area contributed by atoms with Gasteiger partial charge in [-0.15, -0.1) is 0 Å². The van der Waals surface area contributed by atoms with Crippen molar-refractivity contribution < 1.29 is 22.8 Å². The van der Waals surface area contributed by atoms with Gasteiger partial charge in [0, 0.05) is 6.54 Å². The van der Waals surface area contributed by atoms with E-state index in [4.69, 9.17) is 0 Å². The van der Waals surface area contributed by atoms with Gasteiger partial charge in [-0.2, -0.15) is 13.2 Å². The van der Waals surface area contributed by atoms with E-state index in [1.165, 1.54) is 12.1 Å². The van der Waals surface area contributed by atoms with Crippen molar-refractivity contribution in [1.29, 1.82) is 0 Å². The molecule has 2 amide bonds. The molecule has 0 spiro atoms. The highest BCUT2D eigenvalue weighted by molar-refractivity contribution is 6.39. The molecule has 23 heavy (non-hydrogen) atoms. The lowest BCUT2D eigenvalue weighted by Gasteiger charge is -2.13. The van der Waals surface area contributed by atoms with Gasteiger partial charge in [-0.25, -0.2) is 0 Å². The third kappa shape index (κ3) is 4.57. The molecule has 0 atom stereocenters. The molecule has 2 aromatic rings. The SMILES string of the molecule is O=C(NCc1ccccc1)C(=O)Nc1ccccc1C(F)(F)F. The molecule has 0 aliphatic rings. The molecule has 0 saturated carbocycles. The Morgan fingerprint density at radius 1 is 0.870 bits per heavy atom. The quantitative estimate of drug-likeness (QED) is 0.854. The Hall–Kier alpha value is -2.83. The Kier molecular flexibility index (Phi) is 5.00. The maximum atomic E-state index is 12.8. The summed E-state index contributed by atoms with van der Waals surface area (Å²) in [6.45, 7) is 0.105. The number of amides is 2. The van der Waals surface area contributed by atoms with Crippen LogP contribution in [0.15, 0.2) is 54.6 Å². The first-order valence-corrected chi connectivity index (χ1v) is 6.67. The Morgan fingerprint density at radius 2 is 1.48 bits per heavy atom. The lowest BCUT2D eigenvalue weighted by molar-refractivity contribution is -0.138. The van der Waals surface area contributed by atoms with Gasteiger partial charge in [0.15, 0.2) is 0 Å². The summed E-state index contributed by atoms with van der Waals surface area (Å²) in [5, 5.41) is 4.33. The van der Waals surface area contributed by atoms with Crippen LogP contribution in [0.5, 0.6) is 0 Å². The molecular formula is C16H13F3N2O2. The Morgan fingerprint density at radius 3 is 2.13 bits per heavy atom. The highest BCUT2D eigenvalue weighted by Crippen LogP contribution is 2.34. The summed E-state index contributed by atoms with van der Waals surface area (Å²) in [6.07, 6.45) is -4.62. The van der Waals surface area contributed by atoms with E-state index in [2.05, 4.69) is 5.32 Å². The van der Waals surface area contributed by atoms with Gasteiger partial charge in [0.2, 0.25) is 0 Å². The summed E-state index contributed by atoms with van der Waals surface area (Å²) in [6, 6.07) is 13.3. The van der Waals surface area contributed by atoms with Crippen LogP contribution in [0.3, 0.4) is 0 Å². The molecule has 0 aromatic heterocycles. The molecule has 0 aliphatic heterocycles. The van der Waals surface area contributed by atoms with Gasteiger partial charge in [-0.1, -0.05) is 42.5 Å². The molecule has 4 nitrogen and oxygen atoms in total. The van der Waals surface area contributed by atoms with Gasteiger partial charge in [0.05, 0.1) is 11.3 Å². The van der Waals surface area contributed by atoms with Crippen LogP contribution in [0.25, 0.3) is 0 Å². The molecule has 0 bridgehead atoms. The number of carbonyl (C=O) groups is 2. The predicted octanol–water partition coefficient (Wildman–Crippen LogP) is 2.96. The van der Waals surface area contributed by atoms with Crippen LogP contribution < -0.4 is 10.6 Å². The number of rotatable bonds is 3.